The van der Waals surface area contributed by atoms with Gasteiger partial charge in [-0.05, 0) is 31.8 Å². The summed E-state index contributed by atoms with van der Waals surface area (Å²) < 4.78 is 1.90. The number of nitrogens with zero attached hydrogens (tertiary/aromatic N) is 2. The van der Waals surface area contributed by atoms with E-state index in [1.165, 1.54) is 12.8 Å². The third-order valence-corrected chi connectivity index (χ3v) is 2.74. The lowest BCUT2D eigenvalue weighted by Gasteiger charge is -2.23. The van der Waals surface area contributed by atoms with Gasteiger partial charge in [0.05, 0.1) is 6.33 Å². The summed E-state index contributed by atoms with van der Waals surface area (Å²) in [5.41, 5.74) is 5.40. The third kappa shape index (κ3) is 2.56. The zero-order chi connectivity index (χ0) is 10.7. The lowest BCUT2D eigenvalue weighted by Crippen LogP contribution is -2.32. The molecular formula is C10H16N4O. The van der Waals surface area contributed by atoms with Crippen molar-refractivity contribution >= 4 is 5.69 Å². The molecule has 1 aliphatic heterocycles. The van der Waals surface area contributed by atoms with E-state index in [0.29, 0.717) is 5.92 Å². The van der Waals surface area contributed by atoms with Gasteiger partial charge in [-0.25, -0.2) is 0 Å². The molecule has 0 radical (unpaired) electrons. The first kappa shape index (κ1) is 10.2. The molecule has 0 amide bonds. The van der Waals surface area contributed by atoms with Crippen molar-refractivity contribution in [3.63, 3.8) is 0 Å². The van der Waals surface area contributed by atoms with Gasteiger partial charge in [0.2, 0.25) is 0 Å². The molecule has 3 N–H and O–H groups in total. The van der Waals surface area contributed by atoms with Gasteiger partial charge in [0.25, 0.3) is 5.56 Å². The van der Waals surface area contributed by atoms with E-state index in [1.54, 1.807) is 12.5 Å². The van der Waals surface area contributed by atoms with E-state index in [9.17, 15) is 4.79 Å². The van der Waals surface area contributed by atoms with Crippen molar-refractivity contribution in [2.45, 2.75) is 19.4 Å². The zero-order valence-corrected chi connectivity index (χ0v) is 8.65. The highest BCUT2D eigenvalue weighted by atomic mass is 16.1. The lowest BCUT2D eigenvalue weighted by atomic mass is 10.00. The first-order chi connectivity index (χ1) is 7.25. The lowest BCUT2D eigenvalue weighted by molar-refractivity contribution is 0.335. The summed E-state index contributed by atoms with van der Waals surface area (Å²) in [5.74, 6) is 0.613. The minimum atomic E-state index is -0.340. The zero-order valence-electron chi connectivity index (χ0n) is 8.65. The number of hydrogen-bond acceptors (Lipinski definition) is 4. The van der Waals surface area contributed by atoms with Crippen LogP contribution in [0.25, 0.3) is 0 Å². The molecule has 0 aliphatic carbocycles. The number of nitrogen functional groups attached to an aromatic ring is 1. The van der Waals surface area contributed by atoms with Crippen molar-refractivity contribution in [2.75, 3.05) is 18.8 Å². The highest BCUT2D eigenvalue weighted by Crippen LogP contribution is 2.12. The number of hydrogen-bond donors (Lipinski definition) is 2. The number of aromatic nitrogens is 2. The van der Waals surface area contributed by atoms with Crippen molar-refractivity contribution in [1.82, 2.24) is 14.9 Å². The molecule has 0 saturated carbocycles. The second-order valence-corrected chi connectivity index (χ2v) is 4.04. The molecule has 1 saturated heterocycles. The van der Waals surface area contributed by atoms with Gasteiger partial charge < -0.3 is 15.6 Å². The van der Waals surface area contributed by atoms with Gasteiger partial charge in [-0.3, -0.25) is 4.79 Å². The highest BCUT2D eigenvalue weighted by molar-refractivity contribution is 5.30. The molecule has 15 heavy (non-hydrogen) atoms. The van der Waals surface area contributed by atoms with Crippen LogP contribution in [0.15, 0.2) is 17.3 Å². The molecule has 1 fully saturated rings. The maximum absolute atomic E-state index is 11.0. The molecule has 2 rings (SSSR count). The summed E-state index contributed by atoms with van der Waals surface area (Å²) in [6, 6.07) is 0. The Hall–Kier alpha value is -1.36. The molecule has 1 aromatic rings. The molecule has 5 nitrogen and oxygen atoms in total. The van der Waals surface area contributed by atoms with Crippen LogP contribution in [0.5, 0.6) is 0 Å². The number of nitrogens with one attached hydrogen (secondary N) is 1. The van der Waals surface area contributed by atoms with Gasteiger partial charge in [0, 0.05) is 12.7 Å². The van der Waals surface area contributed by atoms with Gasteiger partial charge in [-0.1, -0.05) is 0 Å². The van der Waals surface area contributed by atoms with Crippen LogP contribution in [0.3, 0.4) is 0 Å². The Labute approximate surface area is 88.3 Å². The first-order valence-electron chi connectivity index (χ1n) is 5.28. The molecule has 5 heteroatoms. The van der Waals surface area contributed by atoms with Gasteiger partial charge in [-0.15, -0.1) is 0 Å². The maximum atomic E-state index is 11.0. The highest BCUT2D eigenvalue weighted by Gasteiger charge is 2.13. The van der Waals surface area contributed by atoms with Crippen LogP contribution < -0.4 is 16.6 Å². The fourth-order valence-electron chi connectivity index (χ4n) is 1.95. The van der Waals surface area contributed by atoms with Crippen molar-refractivity contribution in [3.05, 3.63) is 22.9 Å². The first-order valence-corrected chi connectivity index (χ1v) is 5.28. The average molecular weight is 208 g/mol. The van der Waals surface area contributed by atoms with E-state index in [1.807, 2.05) is 4.57 Å². The molecule has 0 aromatic carbocycles. The second kappa shape index (κ2) is 4.44. The summed E-state index contributed by atoms with van der Waals surface area (Å²) in [6.07, 6.45) is 5.67. The van der Waals surface area contributed by atoms with E-state index < -0.39 is 0 Å². The predicted molar refractivity (Wildman–Crippen MR) is 58.5 cm³/mol. The topological polar surface area (TPSA) is 72.9 Å². The van der Waals surface area contributed by atoms with E-state index in [-0.39, 0.29) is 11.2 Å². The van der Waals surface area contributed by atoms with Crippen molar-refractivity contribution in [1.29, 1.82) is 0 Å². The summed E-state index contributed by atoms with van der Waals surface area (Å²) in [7, 11) is 0. The summed E-state index contributed by atoms with van der Waals surface area (Å²) >= 11 is 0. The van der Waals surface area contributed by atoms with Crippen molar-refractivity contribution in [3.8, 4) is 0 Å². The molecule has 0 spiro atoms. The van der Waals surface area contributed by atoms with Gasteiger partial charge in [0.1, 0.15) is 5.69 Å². The van der Waals surface area contributed by atoms with Gasteiger partial charge in [0.15, 0.2) is 0 Å². The number of nitrogens with two attached hydrogens (primary N) is 1. The minimum absolute atomic E-state index is 0.223. The van der Waals surface area contributed by atoms with Crippen LogP contribution in [0.2, 0.25) is 0 Å². The number of rotatable bonds is 2. The standard InChI is InChI=1S/C10H16N4O/c11-9-6-14(7-13-10(9)15)5-8-2-1-3-12-4-8/h6-8,12H,1-5,11H2. The monoisotopic (exact) mass is 208 g/mol. The number of piperidine rings is 1. The molecular weight excluding hydrogens is 192 g/mol. The fraction of sp³-hybridized carbons (Fsp3) is 0.600. The minimum Gasteiger partial charge on any atom is -0.393 e. The Morgan fingerprint density at radius 1 is 1.67 bits per heavy atom. The Bertz CT molecular complexity index is 381. The van der Waals surface area contributed by atoms with Crippen molar-refractivity contribution < 1.29 is 0 Å². The van der Waals surface area contributed by atoms with E-state index in [0.717, 1.165) is 19.6 Å². The van der Waals surface area contributed by atoms with Crippen LogP contribution in [-0.4, -0.2) is 22.6 Å². The Kier molecular flexibility index (Phi) is 3.01. The summed E-state index contributed by atoms with van der Waals surface area (Å²) in [5, 5.41) is 3.35. The normalized spacial score (nSPS) is 21.5. The van der Waals surface area contributed by atoms with E-state index in [2.05, 4.69) is 10.3 Å². The van der Waals surface area contributed by atoms with Crippen LogP contribution in [0, 0.1) is 5.92 Å². The van der Waals surface area contributed by atoms with E-state index >= 15 is 0 Å². The quantitative estimate of drug-likeness (QED) is 0.707. The Balaban J connectivity index is 2.03. The SMILES string of the molecule is Nc1cn(CC2CCCNC2)cnc1=O. The van der Waals surface area contributed by atoms with E-state index in [4.69, 9.17) is 5.73 Å². The third-order valence-electron chi connectivity index (χ3n) is 2.74. The van der Waals surface area contributed by atoms with Crippen LogP contribution in [0.4, 0.5) is 5.69 Å². The Morgan fingerprint density at radius 3 is 3.20 bits per heavy atom. The summed E-state index contributed by atoms with van der Waals surface area (Å²) in [6.45, 7) is 3.03. The summed E-state index contributed by atoms with van der Waals surface area (Å²) in [4.78, 5) is 14.7. The smallest absolute Gasteiger partial charge is 0.295 e. The molecule has 1 aliphatic rings. The van der Waals surface area contributed by atoms with Gasteiger partial charge >= 0.3 is 0 Å². The molecule has 1 atom stereocenters. The largest absolute Gasteiger partial charge is 0.393 e. The maximum Gasteiger partial charge on any atom is 0.295 e. The van der Waals surface area contributed by atoms with Crippen LogP contribution in [0.1, 0.15) is 12.8 Å². The molecule has 1 aromatic heterocycles. The average Bonchev–Trinajstić information content (AvgIpc) is 2.25. The predicted octanol–water partition coefficient (Wildman–Crippen LogP) is -0.175. The molecule has 82 valence electrons. The molecule has 0 bridgehead atoms. The Morgan fingerprint density at radius 2 is 2.53 bits per heavy atom. The second-order valence-electron chi connectivity index (χ2n) is 4.04. The van der Waals surface area contributed by atoms with Crippen LogP contribution in [-0.2, 0) is 6.54 Å². The molecule has 2 heterocycles. The van der Waals surface area contributed by atoms with Gasteiger partial charge in [-0.2, -0.15) is 4.98 Å². The molecule has 1 unspecified atom stereocenters. The van der Waals surface area contributed by atoms with Crippen molar-refractivity contribution in [2.24, 2.45) is 5.92 Å². The number of anilines is 1. The fourth-order valence-corrected chi connectivity index (χ4v) is 1.95. The van der Waals surface area contributed by atoms with Crippen LogP contribution >= 0.6 is 0 Å².